The van der Waals surface area contributed by atoms with Crippen LogP contribution in [0.4, 0.5) is 18.9 Å². The summed E-state index contributed by atoms with van der Waals surface area (Å²) in [7, 11) is 0. The number of carbonyl (C=O) groups excluding carboxylic acids is 1. The normalized spacial score (nSPS) is 11.0. The minimum absolute atomic E-state index is 0.314. The third-order valence-electron chi connectivity index (χ3n) is 4.19. The molecule has 148 valence electrons. The first-order valence-corrected chi connectivity index (χ1v) is 9.06. The van der Waals surface area contributed by atoms with Gasteiger partial charge in [0.1, 0.15) is 11.4 Å². The van der Waals surface area contributed by atoms with Crippen molar-refractivity contribution in [3.63, 3.8) is 0 Å². The fraction of sp³-hybridized carbons (Fsp3) is 0.130. The van der Waals surface area contributed by atoms with Gasteiger partial charge in [0.2, 0.25) is 0 Å². The van der Waals surface area contributed by atoms with E-state index in [4.69, 9.17) is 4.74 Å². The van der Waals surface area contributed by atoms with Gasteiger partial charge in [-0.25, -0.2) is 18.0 Å². The summed E-state index contributed by atoms with van der Waals surface area (Å²) in [5.74, 6) is -4.32. The van der Waals surface area contributed by atoms with E-state index in [0.717, 1.165) is 30.5 Å². The lowest BCUT2D eigenvalue weighted by atomic mass is 10.1. The van der Waals surface area contributed by atoms with Crippen LogP contribution in [0.3, 0.4) is 0 Å². The fourth-order valence-corrected chi connectivity index (χ4v) is 2.64. The van der Waals surface area contributed by atoms with Crippen LogP contribution in [0, 0.1) is 17.5 Å². The number of benzene rings is 3. The number of esters is 1. The number of hydrogen-bond acceptors (Lipinski definition) is 3. The summed E-state index contributed by atoms with van der Waals surface area (Å²) < 4.78 is 45.1. The Morgan fingerprint density at radius 2 is 1.62 bits per heavy atom. The Balaban J connectivity index is 1.65. The van der Waals surface area contributed by atoms with Crippen molar-refractivity contribution in [2.24, 2.45) is 4.99 Å². The first-order valence-electron chi connectivity index (χ1n) is 9.06. The van der Waals surface area contributed by atoms with Crippen LogP contribution in [-0.4, -0.2) is 12.2 Å². The highest BCUT2D eigenvalue weighted by molar-refractivity contribution is 5.91. The van der Waals surface area contributed by atoms with Gasteiger partial charge in [-0.1, -0.05) is 25.5 Å². The second-order valence-electron chi connectivity index (χ2n) is 6.36. The minimum atomic E-state index is -1.57. The van der Waals surface area contributed by atoms with Crippen molar-refractivity contribution in [3.05, 3.63) is 94.8 Å². The lowest BCUT2D eigenvalue weighted by Crippen LogP contribution is -2.08. The molecule has 3 aromatic carbocycles. The van der Waals surface area contributed by atoms with Gasteiger partial charge < -0.3 is 4.74 Å². The first-order chi connectivity index (χ1) is 14.0. The predicted octanol–water partition coefficient (Wildman–Crippen LogP) is 6.03. The third-order valence-corrected chi connectivity index (χ3v) is 4.19. The van der Waals surface area contributed by atoms with E-state index < -0.39 is 23.4 Å². The molecule has 29 heavy (non-hydrogen) atoms. The molecule has 3 nitrogen and oxygen atoms in total. The van der Waals surface area contributed by atoms with Gasteiger partial charge in [-0.15, -0.1) is 0 Å². The molecule has 0 atom stereocenters. The van der Waals surface area contributed by atoms with Gasteiger partial charge in [0.05, 0.1) is 5.56 Å². The summed E-state index contributed by atoms with van der Waals surface area (Å²) >= 11 is 0. The van der Waals surface area contributed by atoms with Crippen molar-refractivity contribution in [1.29, 1.82) is 0 Å². The molecule has 3 rings (SSSR count). The van der Waals surface area contributed by atoms with E-state index in [9.17, 15) is 18.0 Å². The van der Waals surface area contributed by atoms with Gasteiger partial charge >= 0.3 is 5.97 Å². The van der Waals surface area contributed by atoms with Crippen molar-refractivity contribution in [3.8, 4) is 5.75 Å². The van der Waals surface area contributed by atoms with E-state index in [1.165, 1.54) is 6.21 Å². The number of aliphatic imine (C=N–C) groups is 1. The molecule has 0 heterocycles. The van der Waals surface area contributed by atoms with Crippen LogP contribution in [0.5, 0.6) is 5.75 Å². The standard InChI is InChI=1S/C23H18F3NO2/c1-2-3-15-4-8-17(9-5-15)23(28)29-18-10-6-16(7-11-18)14-27-20-13-12-19(24)21(25)22(20)26/h4-14H,2-3H2,1H3. The maximum Gasteiger partial charge on any atom is 0.343 e. The summed E-state index contributed by atoms with van der Waals surface area (Å²) in [4.78, 5) is 16.0. The molecule has 0 N–H and O–H groups in total. The summed E-state index contributed by atoms with van der Waals surface area (Å²) in [6, 6.07) is 15.4. The molecule has 6 heteroatoms. The molecule has 0 radical (unpaired) electrons. The molecule has 0 bridgehead atoms. The molecule has 0 aromatic heterocycles. The van der Waals surface area contributed by atoms with Gasteiger partial charge in [0.25, 0.3) is 0 Å². The maximum atomic E-state index is 13.6. The van der Waals surface area contributed by atoms with E-state index in [1.807, 2.05) is 12.1 Å². The number of carbonyl (C=O) groups is 1. The van der Waals surface area contributed by atoms with Crippen LogP contribution < -0.4 is 4.74 Å². The lowest BCUT2D eigenvalue weighted by Gasteiger charge is -2.06. The average molecular weight is 397 g/mol. The molecule has 3 aromatic rings. The van der Waals surface area contributed by atoms with Crippen LogP contribution in [0.2, 0.25) is 0 Å². The zero-order valence-electron chi connectivity index (χ0n) is 15.7. The van der Waals surface area contributed by atoms with E-state index in [0.29, 0.717) is 16.9 Å². The van der Waals surface area contributed by atoms with Crippen LogP contribution in [0.1, 0.15) is 34.8 Å². The highest BCUT2D eigenvalue weighted by Gasteiger charge is 2.12. The smallest absolute Gasteiger partial charge is 0.343 e. The van der Waals surface area contributed by atoms with Crippen molar-refractivity contribution < 1.29 is 22.7 Å². The summed E-state index contributed by atoms with van der Waals surface area (Å²) in [5.41, 5.74) is 1.86. The Kier molecular flexibility index (Phi) is 6.44. The van der Waals surface area contributed by atoms with Crippen LogP contribution in [0.15, 0.2) is 65.7 Å². The Morgan fingerprint density at radius 1 is 0.931 bits per heavy atom. The second kappa shape index (κ2) is 9.19. The van der Waals surface area contributed by atoms with E-state index in [1.54, 1.807) is 36.4 Å². The first kappa shape index (κ1) is 20.3. The van der Waals surface area contributed by atoms with Crippen LogP contribution >= 0.6 is 0 Å². The van der Waals surface area contributed by atoms with Gasteiger partial charge in [-0.05, 0) is 66.1 Å². The van der Waals surface area contributed by atoms with Crippen molar-refractivity contribution >= 4 is 17.9 Å². The van der Waals surface area contributed by atoms with Crippen LogP contribution in [-0.2, 0) is 6.42 Å². The fourth-order valence-electron chi connectivity index (χ4n) is 2.64. The molecule has 0 fully saturated rings. The molecule has 0 aliphatic carbocycles. The number of nitrogens with zero attached hydrogens (tertiary/aromatic N) is 1. The van der Waals surface area contributed by atoms with E-state index >= 15 is 0 Å². The highest BCUT2D eigenvalue weighted by atomic mass is 19.2. The lowest BCUT2D eigenvalue weighted by molar-refractivity contribution is 0.0734. The van der Waals surface area contributed by atoms with Crippen LogP contribution in [0.25, 0.3) is 0 Å². The SMILES string of the molecule is CCCc1ccc(C(=O)Oc2ccc(C=Nc3ccc(F)c(F)c3F)cc2)cc1. The Bertz CT molecular complexity index is 1030. The maximum absolute atomic E-state index is 13.6. The zero-order valence-corrected chi connectivity index (χ0v) is 15.7. The van der Waals surface area contributed by atoms with Gasteiger partial charge in [-0.2, -0.15) is 0 Å². The molecule has 0 unspecified atom stereocenters. The monoisotopic (exact) mass is 397 g/mol. The number of rotatable bonds is 6. The van der Waals surface area contributed by atoms with Crippen molar-refractivity contribution in [2.45, 2.75) is 19.8 Å². The molecular weight excluding hydrogens is 379 g/mol. The molecular formula is C23H18F3NO2. The second-order valence-corrected chi connectivity index (χ2v) is 6.36. The quantitative estimate of drug-likeness (QED) is 0.221. The molecule has 0 aliphatic rings. The largest absolute Gasteiger partial charge is 0.423 e. The van der Waals surface area contributed by atoms with E-state index in [2.05, 4.69) is 11.9 Å². The molecule has 0 amide bonds. The Hall–Kier alpha value is -3.41. The predicted molar refractivity (Wildman–Crippen MR) is 105 cm³/mol. The summed E-state index contributed by atoms with van der Waals surface area (Å²) in [6.07, 6.45) is 3.28. The highest BCUT2D eigenvalue weighted by Crippen LogP contribution is 2.22. The Morgan fingerprint density at radius 3 is 2.28 bits per heavy atom. The van der Waals surface area contributed by atoms with Crippen molar-refractivity contribution in [1.82, 2.24) is 0 Å². The number of aryl methyl sites for hydroxylation is 1. The minimum Gasteiger partial charge on any atom is -0.423 e. The van der Waals surface area contributed by atoms with Crippen molar-refractivity contribution in [2.75, 3.05) is 0 Å². The molecule has 0 spiro atoms. The molecule has 0 aliphatic heterocycles. The van der Waals surface area contributed by atoms with E-state index in [-0.39, 0.29) is 5.69 Å². The number of halogens is 3. The summed E-state index contributed by atoms with van der Waals surface area (Å²) in [6.45, 7) is 2.09. The zero-order chi connectivity index (χ0) is 20.8. The third kappa shape index (κ3) is 5.10. The molecule has 0 saturated carbocycles. The van der Waals surface area contributed by atoms with Gasteiger partial charge in [0, 0.05) is 6.21 Å². The topological polar surface area (TPSA) is 38.7 Å². The average Bonchev–Trinajstić information content (AvgIpc) is 2.73. The summed E-state index contributed by atoms with van der Waals surface area (Å²) in [5, 5.41) is 0. The van der Waals surface area contributed by atoms with Gasteiger partial charge in [0.15, 0.2) is 17.5 Å². The Labute approximate surface area is 166 Å². The number of ether oxygens (including phenoxy) is 1. The number of hydrogen-bond donors (Lipinski definition) is 0. The van der Waals surface area contributed by atoms with Gasteiger partial charge in [-0.3, -0.25) is 4.99 Å². The molecule has 0 saturated heterocycles.